The maximum absolute atomic E-state index is 12.1. The highest BCUT2D eigenvalue weighted by molar-refractivity contribution is 7.87. The van der Waals surface area contributed by atoms with Gasteiger partial charge in [-0.05, 0) is 19.8 Å². The maximum Gasteiger partial charge on any atom is 0.279 e. The smallest absolute Gasteiger partial charge is 0.279 e. The predicted octanol–water partition coefficient (Wildman–Crippen LogP) is -0.0363. The molecular weight excluding hydrogens is 344 g/mol. The van der Waals surface area contributed by atoms with E-state index >= 15 is 0 Å². The van der Waals surface area contributed by atoms with Crippen molar-refractivity contribution in [1.82, 2.24) is 19.0 Å². The molecule has 3 rings (SSSR count). The number of hydrogen-bond acceptors (Lipinski definition) is 7. The first-order valence-electron chi connectivity index (χ1n) is 8.71. The zero-order chi connectivity index (χ0) is 17.7. The molecule has 2 aliphatic heterocycles. The second-order valence-corrected chi connectivity index (χ2v) is 7.98. The molecule has 140 valence electrons. The summed E-state index contributed by atoms with van der Waals surface area (Å²) in [4.78, 5) is 11.1. The molecule has 0 atom stereocenters. The van der Waals surface area contributed by atoms with Crippen LogP contribution in [0.2, 0.25) is 0 Å². The van der Waals surface area contributed by atoms with Crippen LogP contribution in [0.3, 0.4) is 0 Å². The van der Waals surface area contributed by atoms with Crippen LogP contribution in [0.1, 0.15) is 18.5 Å². The number of morpholine rings is 1. The van der Waals surface area contributed by atoms with Crippen molar-refractivity contribution in [2.45, 2.75) is 19.8 Å². The van der Waals surface area contributed by atoms with Gasteiger partial charge in [0.15, 0.2) is 0 Å². The van der Waals surface area contributed by atoms with Crippen molar-refractivity contribution in [1.29, 1.82) is 0 Å². The van der Waals surface area contributed by atoms with E-state index in [9.17, 15) is 8.42 Å². The van der Waals surface area contributed by atoms with Crippen LogP contribution in [0.4, 0.5) is 11.8 Å². The van der Waals surface area contributed by atoms with Crippen molar-refractivity contribution in [3.63, 3.8) is 0 Å². The molecule has 3 heterocycles. The van der Waals surface area contributed by atoms with Crippen molar-refractivity contribution in [3.05, 3.63) is 11.8 Å². The highest BCUT2D eigenvalue weighted by Gasteiger charge is 2.24. The third kappa shape index (κ3) is 5.00. The van der Waals surface area contributed by atoms with Crippen molar-refractivity contribution >= 4 is 22.0 Å². The van der Waals surface area contributed by atoms with E-state index in [0.717, 1.165) is 37.4 Å². The zero-order valence-electron chi connectivity index (χ0n) is 14.6. The van der Waals surface area contributed by atoms with E-state index < -0.39 is 10.2 Å². The molecule has 10 heteroatoms. The Kier molecular flexibility index (Phi) is 6.05. The summed E-state index contributed by atoms with van der Waals surface area (Å²) in [6.45, 7) is 6.87. The molecule has 0 saturated carbocycles. The van der Waals surface area contributed by atoms with Gasteiger partial charge in [0.2, 0.25) is 5.95 Å². The number of rotatable bonds is 7. The molecule has 0 unspecified atom stereocenters. The Morgan fingerprint density at radius 1 is 1.12 bits per heavy atom. The molecule has 0 radical (unpaired) electrons. The second kappa shape index (κ2) is 8.26. The average molecular weight is 370 g/mol. The summed E-state index contributed by atoms with van der Waals surface area (Å²) in [7, 11) is -3.37. The molecule has 1 aromatic heterocycles. The number of aryl methyl sites for hydroxylation is 1. The fraction of sp³-hybridized carbons (Fsp3) is 0.733. The van der Waals surface area contributed by atoms with Crippen LogP contribution < -0.4 is 14.9 Å². The summed E-state index contributed by atoms with van der Waals surface area (Å²) in [5.41, 5.74) is 0.872. The first-order chi connectivity index (χ1) is 12.0. The molecule has 2 N–H and O–H groups in total. The molecular formula is C15H26N6O3S. The van der Waals surface area contributed by atoms with Gasteiger partial charge in [0.05, 0.1) is 13.2 Å². The predicted molar refractivity (Wildman–Crippen MR) is 96.0 cm³/mol. The van der Waals surface area contributed by atoms with E-state index in [1.807, 2.05) is 13.0 Å². The molecule has 1 aromatic rings. The van der Waals surface area contributed by atoms with Gasteiger partial charge in [-0.15, -0.1) is 0 Å². The van der Waals surface area contributed by atoms with Gasteiger partial charge < -0.3 is 15.0 Å². The molecule has 2 fully saturated rings. The standard InChI is InChI=1S/C15H26N6O3S/c1-13-12-14(20-8-10-24-11-9-20)19-15(18-13)16-4-5-17-25(22,23)21-6-2-3-7-21/h12,17H,2-11H2,1H3,(H,16,18,19). The van der Waals surface area contributed by atoms with Crippen LogP contribution in [-0.2, 0) is 14.9 Å². The number of ether oxygens (including phenoxy) is 1. The molecule has 0 bridgehead atoms. The van der Waals surface area contributed by atoms with Gasteiger partial charge in [-0.25, -0.2) is 9.71 Å². The van der Waals surface area contributed by atoms with E-state index in [4.69, 9.17) is 4.74 Å². The van der Waals surface area contributed by atoms with Gasteiger partial charge in [-0.1, -0.05) is 0 Å². The molecule has 0 aromatic carbocycles. The van der Waals surface area contributed by atoms with Gasteiger partial charge in [0.1, 0.15) is 5.82 Å². The third-order valence-electron chi connectivity index (χ3n) is 4.27. The first-order valence-corrected chi connectivity index (χ1v) is 10.2. The molecule has 2 saturated heterocycles. The summed E-state index contributed by atoms with van der Waals surface area (Å²) in [6.07, 6.45) is 1.86. The lowest BCUT2D eigenvalue weighted by Gasteiger charge is -2.28. The van der Waals surface area contributed by atoms with E-state index in [2.05, 4.69) is 24.9 Å². The van der Waals surface area contributed by atoms with E-state index in [-0.39, 0.29) is 0 Å². The SMILES string of the molecule is Cc1cc(N2CCOCC2)nc(NCCNS(=O)(=O)N2CCCC2)n1. The van der Waals surface area contributed by atoms with Crippen LogP contribution in [0.15, 0.2) is 6.07 Å². The fourth-order valence-electron chi connectivity index (χ4n) is 2.96. The van der Waals surface area contributed by atoms with Gasteiger partial charge in [0.25, 0.3) is 10.2 Å². The third-order valence-corrected chi connectivity index (χ3v) is 5.89. The lowest BCUT2D eigenvalue weighted by Crippen LogP contribution is -2.40. The van der Waals surface area contributed by atoms with E-state index in [1.54, 1.807) is 0 Å². The van der Waals surface area contributed by atoms with Crippen LogP contribution in [0, 0.1) is 6.92 Å². The van der Waals surface area contributed by atoms with E-state index in [0.29, 0.717) is 45.3 Å². The minimum Gasteiger partial charge on any atom is -0.378 e. The fourth-order valence-corrected chi connectivity index (χ4v) is 4.24. The lowest BCUT2D eigenvalue weighted by molar-refractivity contribution is 0.122. The molecule has 25 heavy (non-hydrogen) atoms. The number of hydrogen-bond donors (Lipinski definition) is 2. The molecule has 0 spiro atoms. The first kappa shape index (κ1) is 18.3. The topological polar surface area (TPSA) is 99.7 Å². The minimum absolute atomic E-state index is 0.295. The quantitative estimate of drug-likeness (QED) is 0.650. The zero-order valence-corrected chi connectivity index (χ0v) is 15.4. The monoisotopic (exact) mass is 370 g/mol. The summed E-state index contributed by atoms with van der Waals surface area (Å²) in [5, 5.41) is 3.10. The Labute approximate surface area is 149 Å². The maximum atomic E-state index is 12.1. The number of nitrogens with one attached hydrogen (secondary N) is 2. The highest BCUT2D eigenvalue weighted by Crippen LogP contribution is 2.16. The summed E-state index contributed by atoms with van der Waals surface area (Å²) >= 11 is 0. The van der Waals surface area contributed by atoms with Crippen LogP contribution in [-0.4, -0.2) is 75.2 Å². The van der Waals surface area contributed by atoms with Crippen molar-refractivity contribution in [2.24, 2.45) is 0 Å². The number of aromatic nitrogens is 2. The Morgan fingerprint density at radius 3 is 2.56 bits per heavy atom. The van der Waals surface area contributed by atoms with Crippen molar-refractivity contribution < 1.29 is 13.2 Å². The highest BCUT2D eigenvalue weighted by atomic mass is 32.2. The van der Waals surface area contributed by atoms with Crippen LogP contribution in [0.5, 0.6) is 0 Å². The summed E-state index contributed by atoms with van der Waals surface area (Å²) in [6, 6.07) is 1.95. The molecule has 0 amide bonds. The normalized spacial score (nSPS) is 19.3. The van der Waals surface area contributed by atoms with Gasteiger partial charge in [-0.2, -0.15) is 17.7 Å². The van der Waals surface area contributed by atoms with Crippen LogP contribution in [0.25, 0.3) is 0 Å². The molecule has 9 nitrogen and oxygen atoms in total. The van der Waals surface area contributed by atoms with Gasteiger partial charge >= 0.3 is 0 Å². The minimum atomic E-state index is -3.37. The second-order valence-electron chi connectivity index (χ2n) is 6.22. The molecule has 0 aliphatic carbocycles. The lowest BCUT2D eigenvalue weighted by atomic mass is 10.3. The number of anilines is 2. The van der Waals surface area contributed by atoms with Gasteiger partial charge in [-0.3, -0.25) is 0 Å². The van der Waals surface area contributed by atoms with Crippen LogP contribution >= 0.6 is 0 Å². The Morgan fingerprint density at radius 2 is 1.84 bits per heavy atom. The average Bonchev–Trinajstić information content (AvgIpc) is 3.15. The Bertz CT molecular complexity index is 672. The molecule has 2 aliphatic rings. The summed E-state index contributed by atoms with van der Waals surface area (Å²) in [5.74, 6) is 1.39. The summed E-state index contributed by atoms with van der Waals surface area (Å²) < 4.78 is 33.7. The van der Waals surface area contributed by atoms with Crippen molar-refractivity contribution in [3.8, 4) is 0 Å². The Hall–Kier alpha value is -1.49. The largest absolute Gasteiger partial charge is 0.378 e. The van der Waals surface area contributed by atoms with E-state index in [1.165, 1.54) is 4.31 Å². The van der Waals surface area contributed by atoms with Crippen molar-refractivity contribution in [2.75, 3.05) is 62.7 Å². The number of nitrogens with zero attached hydrogens (tertiary/aromatic N) is 4. The Balaban J connectivity index is 1.51. The van der Waals surface area contributed by atoms with Gasteiger partial charge in [0, 0.05) is 51.0 Å².